The summed E-state index contributed by atoms with van der Waals surface area (Å²) in [5.74, 6) is -0.113. The quantitative estimate of drug-likeness (QED) is 0.811. The van der Waals surface area contributed by atoms with Crippen LogP contribution in [0, 0.1) is 0 Å². The van der Waals surface area contributed by atoms with Gasteiger partial charge in [0.2, 0.25) is 5.91 Å². The first-order valence-corrected chi connectivity index (χ1v) is 7.05. The van der Waals surface area contributed by atoms with E-state index in [4.69, 9.17) is 4.74 Å². The van der Waals surface area contributed by atoms with Crippen molar-refractivity contribution in [3.63, 3.8) is 0 Å². The zero-order valence-corrected chi connectivity index (χ0v) is 12.0. The molecular formula is C15H16N4O3. The predicted octanol–water partition coefficient (Wildman–Crippen LogP) is 0.238. The summed E-state index contributed by atoms with van der Waals surface area (Å²) < 4.78 is 7.02. The first-order chi connectivity index (χ1) is 10.7. The van der Waals surface area contributed by atoms with Crippen LogP contribution in [0.25, 0.3) is 0 Å². The number of nitrogens with zero attached hydrogens (tertiary/aromatic N) is 4. The highest BCUT2D eigenvalue weighted by atomic mass is 16.5. The van der Waals surface area contributed by atoms with Crippen LogP contribution >= 0.6 is 0 Å². The van der Waals surface area contributed by atoms with Gasteiger partial charge in [-0.25, -0.2) is 9.78 Å². The fourth-order valence-electron chi connectivity index (χ4n) is 2.41. The fourth-order valence-corrected chi connectivity index (χ4v) is 2.41. The van der Waals surface area contributed by atoms with Crippen LogP contribution < -0.4 is 5.69 Å². The lowest BCUT2D eigenvalue weighted by Gasteiger charge is -2.33. The van der Waals surface area contributed by atoms with Gasteiger partial charge in [0.1, 0.15) is 12.6 Å². The normalized spacial score (nSPS) is 18.2. The molecular weight excluding hydrogens is 284 g/mol. The van der Waals surface area contributed by atoms with Crippen molar-refractivity contribution in [2.24, 2.45) is 0 Å². The van der Waals surface area contributed by atoms with Crippen molar-refractivity contribution in [3.05, 3.63) is 59.0 Å². The van der Waals surface area contributed by atoms with E-state index in [1.54, 1.807) is 29.6 Å². The Balaban J connectivity index is 1.68. The number of aromatic nitrogens is 3. The molecule has 7 heteroatoms. The molecule has 7 nitrogen and oxygen atoms in total. The van der Waals surface area contributed by atoms with Gasteiger partial charge in [0.15, 0.2) is 0 Å². The minimum absolute atomic E-state index is 0.00423. The van der Waals surface area contributed by atoms with Gasteiger partial charge in [0.25, 0.3) is 0 Å². The van der Waals surface area contributed by atoms with Crippen molar-refractivity contribution in [3.8, 4) is 0 Å². The minimum Gasteiger partial charge on any atom is -0.370 e. The molecule has 0 radical (unpaired) electrons. The first kappa shape index (κ1) is 14.4. The smallest absolute Gasteiger partial charge is 0.347 e. The van der Waals surface area contributed by atoms with Gasteiger partial charge in [-0.3, -0.25) is 14.3 Å². The van der Waals surface area contributed by atoms with E-state index in [-0.39, 0.29) is 18.6 Å². The van der Waals surface area contributed by atoms with Crippen LogP contribution in [0.3, 0.4) is 0 Å². The zero-order chi connectivity index (χ0) is 15.4. The maximum Gasteiger partial charge on any atom is 0.347 e. The Bertz CT molecular complexity index is 701. The van der Waals surface area contributed by atoms with Gasteiger partial charge in [0.05, 0.1) is 13.2 Å². The summed E-state index contributed by atoms with van der Waals surface area (Å²) >= 11 is 0. The number of morpholine rings is 1. The first-order valence-electron chi connectivity index (χ1n) is 7.05. The number of hydrogen-bond acceptors (Lipinski definition) is 5. The van der Waals surface area contributed by atoms with Gasteiger partial charge < -0.3 is 9.64 Å². The zero-order valence-electron chi connectivity index (χ0n) is 12.0. The maximum atomic E-state index is 12.4. The summed E-state index contributed by atoms with van der Waals surface area (Å²) in [5.41, 5.74) is 0.570. The lowest BCUT2D eigenvalue weighted by molar-refractivity contribution is -0.139. The van der Waals surface area contributed by atoms with Gasteiger partial charge in [-0.1, -0.05) is 0 Å². The van der Waals surface area contributed by atoms with Crippen molar-refractivity contribution in [1.29, 1.82) is 0 Å². The lowest BCUT2D eigenvalue weighted by atomic mass is 10.1. The summed E-state index contributed by atoms with van der Waals surface area (Å²) in [4.78, 5) is 33.3. The topological polar surface area (TPSA) is 77.3 Å². The van der Waals surface area contributed by atoms with Gasteiger partial charge >= 0.3 is 5.69 Å². The molecule has 3 rings (SSSR count). The SMILES string of the molecule is O=C(Cn1cccnc1=O)N1CCOC(c2ccncc2)C1. The van der Waals surface area contributed by atoms with Gasteiger partial charge in [-0.15, -0.1) is 0 Å². The molecule has 0 spiro atoms. The molecule has 1 aliphatic rings. The third-order valence-corrected chi connectivity index (χ3v) is 3.59. The van der Waals surface area contributed by atoms with E-state index in [1.807, 2.05) is 12.1 Å². The van der Waals surface area contributed by atoms with Crippen LogP contribution in [0.2, 0.25) is 0 Å². The number of carbonyl (C=O) groups is 1. The molecule has 1 aliphatic heterocycles. The van der Waals surface area contributed by atoms with Gasteiger partial charge in [0, 0.05) is 31.3 Å². The van der Waals surface area contributed by atoms with E-state index in [0.29, 0.717) is 19.7 Å². The third-order valence-electron chi connectivity index (χ3n) is 3.59. The molecule has 1 fully saturated rings. The van der Waals surface area contributed by atoms with E-state index in [9.17, 15) is 9.59 Å². The predicted molar refractivity (Wildman–Crippen MR) is 78.0 cm³/mol. The van der Waals surface area contributed by atoms with Gasteiger partial charge in [-0.05, 0) is 23.8 Å². The van der Waals surface area contributed by atoms with E-state index in [2.05, 4.69) is 9.97 Å². The summed E-state index contributed by atoms with van der Waals surface area (Å²) in [5, 5.41) is 0. The molecule has 0 saturated carbocycles. The second kappa shape index (κ2) is 6.48. The number of hydrogen-bond donors (Lipinski definition) is 0. The number of ether oxygens (including phenoxy) is 1. The molecule has 1 saturated heterocycles. The summed E-state index contributed by atoms with van der Waals surface area (Å²) in [7, 11) is 0. The fraction of sp³-hybridized carbons (Fsp3) is 0.333. The average molecular weight is 300 g/mol. The lowest BCUT2D eigenvalue weighted by Crippen LogP contribution is -2.44. The van der Waals surface area contributed by atoms with Crippen LogP contribution in [0.5, 0.6) is 0 Å². The molecule has 1 atom stereocenters. The minimum atomic E-state index is -0.421. The van der Waals surface area contributed by atoms with Crippen molar-refractivity contribution in [2.75, 3.05) is 19.7 Å². The standard InChI is InChI=1S/C15H16N4O3/c20-14(11-19-7-1-4-17-15(19)21)18-8-9-22-13(10-18)12-2-5-16-6-3-12/h1-7,13H,8-11H2. The number of carbonyl (C=O) groups excluding carboxylic acids is 1. The van der Waals surface area contributed by atoms with Crippen LogP contribution in [-0.2, 0) is 16.1 Å². The number of amides is 1. The highest BCUT2D eigenvalue weighted by Crippen LogP contribution is 2.21. The Morgan fingerprint density at radius 1 is 1.32 bits per heavy atom. The average Bonchev–Trinajstić information content (AvgIpc) is 2.58. The molecule has 1 amide bonds. The summed E-state index contributed by atoms with van der Waals surface area (Å²) in [6.45, 7) is 1.46. The third kappa shape index (κ3) is 3.20. The molecule has 22 heavy (non-hydrogen) atoms. The molecule has 2 aromatic rings. The van der Waals surface area contributed by atoms with Crippen molar-refractivity contribution >= 4 is 5.91 Å². The Kier molecular flexibility index (Phi) is 4.24. The van der Waals surface area contributed by atoms with E-state index in [1.165, 1.54) is 10.8 Å². The second-order valence-corrected chi connectivity index (χ2v) is 5.01. The van der Waals surface area contributed by atoms with E-state index < -0.39 is 5.69 Å². The Hall–Kier alpha value is -2.54. The van der Waals surface area contributed by atoms with Crippen molar-refractivity contribution in [1.82, 2.24) is 19.4 Å². The van der Waals surface area contributed by atoms with Gasteiger partial charge in [-0.2, -0.15) is 0 Å². The largest absolute Gasteiger partial charge is 0.370 e. The molecule has 3 heterocycles. The van der Waals surface area contributed by atoms with E-state index >= 15 is 0 Å². The van der Waals surface area contributed by atoms with Crippen LogP contribution in [0.15, 0.2) is 47.8 Å². The van der Waals surface area contributed by atoms with Crippen molar-refractivity contribution in [2.45, 2.75) is 12.6 Å². The molecule has 114 valence electrons. The monoisotopic (exact) mass is 300 g/mol. The van der Waals surface area contributed by atoms with Crippen LogP contribution in [-0.4, -0.2) is 45.0 Å². The Morgan fingerprint density at radius 2 is 2.14 bits per heavy atom. The van der Waals surface area contributed by atoms with Crippen LogP contribution in [0.4, 0.5) is 0 Å². The molecule has 0 bridgehead atoms. The molecule has 1 unspecified atom stereocenters. The van der Waals surface area contributed by atoms with Crippen molar-refractivity contribution < 1.29 is 9.53 Å². The number of pyridine rings is 1. The highest BCUT2D eigenvalue weighted by molar-refractivity contribution is 5.76. The summed E-state index contributed by atoms with van der Waals surface area (Å²) in [6.07, 6.45) is 6.22. The maximum absolute atomic E-state index is 12.4. The molecule has 0 aliphatic carbocycles. The Morgan fingerprint density at radius 3 is 2.91 bits per heavy atom. The number of rotatable bonds is 3. The summed E-state index contributed by atoms with van der Waals surface area (Å²) in [6, 6.07) is 5.39. The Labute approximate surface area is 127 Å². The molecule has 2 aromatic heterocycles. The van der Waals surface area contributed by atoms with E-state index in [0.717, 1.165) is 5.56 Å². The van der Waals surface area contributed by atoms with Crippen LogP contribution in [0.1, 0.15) is 11.7 Å². The molecule has 0 N–H and O–H groups in total. The second-order valence-electron chi connectivity index (χ2n) is 5.01. The highest BCUT2D eigenvalue weighted by Gasteiger charge is 2.25. The molecule has 0 aromatic carbocycles.